The van der Waals surface area contributed by atoms with E-state index in [1.165, 1.54) is 11.0 Å². The van der Waals surface area contributed by atoms with E-state index in [-0.39, 0.29) is 5.92 Å². The number of nitrogens with one attached hydrogen (secondary N) is 1. The third-order valence-electron chi connectivity index (χ3n) is 4.15. The lowest BCUT2D eigenvalue weighted by atomic mass is 9.87. The van der Waals surface area contributed by atoms with Crippen molar-refractivity contribution in [1.82, 2.24) is 5.32 Å². The third kappa shape index (κ3) is 2.66. The van der Waals surface area contributed by atoms with E-state index in [1.54, 1.807) is 11.8 Å². The van der Waals surface area contributed by atoms with Crippen LogP contribution in [0.15, 0.2) is 35.2 Å². The summed E-state index contributed by atoms with van der Waals surface area (Å²) in [4.78, 5) is 1.17. The summed E-state index contributed by atoms with van der Waals surface area (Å²) in [5.41, 5.74) is 2.30. The van der Waals surface area contributed by atoms with E-state index < -0.39 is 17.3 Å². The van der Waals surface area contributed by atoms with E-state index in [0.29, 0.717) is 25.1 Å². The smallest absolute Gasteiger partial charge is 0.194 e. The van der Waals surface area contributed by atoms with E-state index in [2.05, 4.69) is 5.32 Å². The lowest BCUT2D eigenvalue weighted by molar-refractivity contribution is 0.375. The average Bonchev–Trinajstić information content (AvgIpc) is 2.75. The SMILES string of the molecule is CSc1ccc(C2CNCCc3c2cc(O)c(O)c3F)cc1. The standard InChI is InChI=1S/C17H18FNO2S/c1-22-11-4-2-10(3-5-11)14-9-19-7-6-12-13(14)8-15(20)17(21)16(12)18/h2-5,8,14,19-21H,6-7,9H2,1H3. The molecule has 3 rings (SSSR count). The molecule has 1 aliphatic rings. The molecule has 0 radical (unpaired) electrons. The highest BCUT2D eigenvalue weighted by Crippen LogP contribution is 2.39. The highest BCUT2D eigenvalue weighted by Gasteiger charge is 2.26. The summed E-state index contributed by atoms with van der Waals surface area (Å²) in [6, 6.07) is 9.65. The minimum absolute atomic E-state index is 0.0468. The second-order valence-corrected chi connectivity index (χ2v) is 6.29. The van der Waals surface area contributed by atoms with Crippen molar-refractivity contribution in [2.24, 2.45) is 0 Å². The number of phenols is 2. The van der Waals surface area contributed by atoms with Crippen molar-refractivity contribution in [3.63, 3.8) is 0 Å². The molecule has 0 aromatic heterocycles. The molecule has 1 atom stereocenters. The second-order valence-electron chi connectivity index (χ2n) is 5.41. The van der Waals surface area contributed by atoms with Crippen LogP contribution < -0.4 is 5.32 Å². The first kappa shape index (κ1) is 15.2. The number of hydrogen-bond acceptors (Lipinski definition) is 4. The van der Waals surface area contributed by atoms with Crippen molar-refractivity contribution in [2.45, 2.75) is 17.2 Å². The van der Waals surface area contributed by atoms with Gasteiger partial charge in [0.05, 0.1) is 0 Å². The average molecular weight is 319 g/mol. The first-order valence-electron chi connectivity index (χ1n) is 7.19. The van der Waals surface area contributed by atoms with Gasteiger partial charge in [-0.25, -0.2) is 4.39 Å². The summed E-state index contributed by atoms with van der Waals surface area (Å²) < 4.78 is 14.3. The van der Waals surface area contributed by atoms with Gasteiger partial charge in [-0.2, -0.15) is 0 Å². The van der Waals surface area contributed by atoms with Crippen molar-refractivity contribution < 1.29 is 14.6 Å². The molecule has 1 heterocycles. The van der Waals surface area contributed by atoms with Gasteiger partial charge in [0.25, 0.3) is 0 Å². The van der Waals surface area contributed by atoms with Crippen molar-refractivity contribution in [3.8, 4) is 11.5 Å². The van der Waals surface area contributed by atoms with Crippen molar-refractivity contribution in [2.75, 3.05) is 19.3 Å². The fourth-order valence-electron chi connectivity index (χ4n) is 2.95. The fraction of sp³-hybridized carbons (Fsp3) is 0.294. The van der Waals surface area contributed by atoms with Crippen molar-refractivity contribution >= 4 is 11.8 Å². The van der Waals surface area contributed by atoms with Gasteiger partial charge in [-0.3, -0.25) is 0 Å². The Kier molecular flexibility index (Phi) is 4.27. The number of benzene rings is 2. The van der Waals surface area contributed by atoms with Crippen LogP contribution in [-0.2, 0) is 6.42 Å². The summed E-state index contributed by atoms with van der Waals surface area (Å²) in [6.45, 7) is 1.32. The maximum Gasteiger partial charge on any atom is 0.194 e. The largest absolute Gasteiger partial charge is 0.504 e. The van der Waals surface area contributed by atoms with Gasteiger partial charge in [-0.05, 0) is 54.1 Å². The van der Waals surface area contributed by atoms with Gasteiger partial charge in [0, 0.05) is 17.4 Å². The number of fused-ring (bicyclic) bond motifs is 1. The fourth-order valence-corrected chi connectivity index (χ4v) is 3.36. The second kappa shape index (κ2) is 6.18. The molecule has 0 saturated heterocycles. The highest BCUT2D eigenvalue weighted by atomic mass is 32.2. The van der Waals surface area contributed by atoms with Gasteiger partial charge in [-0.15, -0.1) is 11.8 Å². The zero-order valence-corrected chi connectivity index (χ0v) is 13.1. The van der Waals surface area contributed by atoms with Gasteiger partial charge in [0.15, 0.2) is 17.3 Å². The van der Waals surface area contributed by atoms with Crippen LogP contribution in [0.5, 0.6) is 11.5 Å². The maximum absolute atomic E-state index is 14.3. The molecule has 3 nitrogen and oxygen atoms in total. The molecule has 0 amide bonds. The van der Waals surface area contributed by atoms with Gasteiger partial charge in [0.2, 0.25) is 0 Å². The number of aromatic hydroxyl groups is 2. The van der Waals surface area contributed by atoms with Gasteiger partial charge < -0.3 is 15.5 Å². The van der Waals surface area contributed by atoms with E-state index >= 15 is 0 Å². The first-order chi connectivity index (χ1) is 10.6. The zero-order chi connectivity index (χ0) is 15.7. The predicted molar refractivity (Wildman–Crippen MR) is 86.4 cm³/mol. The summed E-state index contributed by atoms with van der Waals surface area (Å²) >= 11 is 1.67. The van der Waals surface area contributed by atoms with Crippen LogP contribution in [-0.4, -0.2) is 29.6 Å². The monoisotopic (exact) mass is 319 g/mol. The van der Waals surface area contributed by atoms with Crippen LogP contribution in [0.3, 0.4) is 0 Å². The Morgan fingerprint density at radius 2 is 1.95 bits per heavy atom. The lowest BCUT2D eigenvalue weighted by Crippen LogP contribution is -2.20. The molecule has 0 saturated carbocycles. The van der Waals surface area contributed by atoms with E-state index in [1.807, 2.05) is 30.5 Å². The van der Waals surface area contributed by atoms with Crippen LogP contribution in [0.4, 0.5) is 4.39 Å². The minimum atomic E-state index is -0.704. The van der Waals surface area contributed by atoms with E-state index in [4.69, 9.17) is 0 Å². The summed E-state index contributed by atoms with van der Waals surface area (Å²) in [5.74, 6) is -1.81. The molecular formula is C17H18FNO2S. The Balaban J connectivity index is 2.10. The van der Waals surface area contributed by atoms with Crippen LogP contribution >= 0.6 is 11.8 Å². The minimum Gasteiger partial charge on any atom is -0.504 e. The molecule has 2 aromatic carbocycles. The van der Waals surface area contributed by atoms with Crippen molar-refractivity contribution in [3.05, 3.63) is 52.8 Å². The number of halogens is 1. The number of thioether (sulfide) groups is 1. The number of rotatable bonds is 2. The Morgan fingerprint density at radius 1 is 1.23 bits per heavy atom. The molecule has 0 bridgehead atoms. The topological polar surface area (TPSA) is 52.5 Å². The van der Waals surface area contributed by atoms with Gasteiger partial charge in [-0.1, -0.05) is 12.1 Å². The summed E-state index contributed by atoms with van der Waals surface area (Å²) in [5, 5.41) is 22.7. The summed E-state index contributed by atoms with van der Waals surface area (Å²) in [6.07, 6.45) is 2.52. The zero-order valence-electron chi connectivity index (χ0n) is 12.3. The van der Waals surface area contributed by atoms with Gasteiger partial charge >= 0.3 is 0 Å². The Labute approximate surface area is 133 Å². The molecule has 0 spiro atoms. The molecule has 1 unspecified atom stereocenters. The Morgan fingerprint density at radius 3 is 2.64 bits per heavy atom. The maximum atomic E-state index is 14.3. The van der Waals surface area contributed by atoms with Crippen LogP contribution in [0.25, 0.3) is 0 Å². The molecule has 0 fully saturated rings. The lowest BCUT2D eigenvalue weighted by Gasteiger charge is -2.19. The third-order valence-corrected chi connectivity index (χ3v) is 4.89. The van der Waals surface area contributed by atoms with E-state index in [0.717, 1.165) is 11.1 Å². The molecule has 116 valence electrons. The molecular weight excluding hydrogens is 301 g/mol. The predicted octanol–water partition coefficient (Wildman–Crippen LogP) is 3.24. The van der Waals surface area contributed by atoms with Crippen LogP contribution in [0, 0.1) is 5.82 Å². The molecule has 5 heteroatoms. The Bertz CT molecular complexity index is 688. The van der Waals surface area contributed by atoms with Crippen LogP contribution in [0.2, 0.25) is 0 Å². The number of hydrogen-bond donors (Lipinski definition) is 3. The first-order valence-corrected chi connectivity index (χ1v) is 8.42. The molecule has 1 aliphatic heterocycles. The number of phenolic OH excluding ortho intramolecular Hbond substituents is 2. The normalized spacial score (nSPS) is 17.8. The Hall–Kier alpha value is -1.72. The summed E-state index contributed by atoms with van der Waals surface area (Å²) in [7, 11) is 0. The molecule has 3 N–H and O–H groups in total. The quantitative estimate of drug-likeness (QED) is 0.587. The van der Waals surface area contributed by atoms with Crippen molar-refractivity contribution in [1.29, 1.82) is 0 Å². The molecule has 22 heavy (non-hydrogen) atoms. The highest BCUT2D eigenvalue weighted by molar-refractivity contribution is 7.98. The molecule has 2 aromatic rings. The molecule has 0 aliphatic carbocycles. The van der Waals surface area contributed by atoms with Crippen LogP contribution in [0.1, 0.15) is 22.6 Å². The van der Waals surface area contributed by atoms with Gasteiger partial charge in [0.1, 0.15) is 0 Å². The van der Waals surface area contributed by atoms with E-state index in [9.17, 15) is 14.6 Å².